The number of benzene rings is 1. The number of aliphatic imine (C=N–C) groups is 1. The summed E-state index contributed by atoms with van der Waals surface area (Å²) in [6, 6.07) is 6.36. The molecular weight excluding hydrogens is 431 g/mol. The highest BCUT2D eigenvalue weighted by Gasteiger charge is 2.16. The van der Waals surface area contributed by atoms with Crippen LogP contribution in [0, 0.1) is 5.82 Å². The number of ether oxygens (including phenoxy) is 1. The maximum atomic E-state index is 13.2. The number of thioether (sulfide) groups is 1. The molecule has 1 aromatic carbocycles. The van der Waals surface area contributed by atoms with Gasteiger partial charge in [-0.1, -0.05) is 29.8 Å². The molecule has 0 amide bonds. The zero-order valence-corrected chi connectivity index (χ0v) is 19.0. The first-order chi connectivity index (χ1) is 15.6. The van der Waals surface area contributed by atoms with Crippen molar-refractivity contribution < 1.29 is 23.9 Å². The third-order valence-electron chi connectivity index (χ3n) is 4.18. The second-order valence-corrected chi connectivity index (χ2v) is 7.73. The Kier molecular flexibility index (Phi) is 11.0. The summed E-state index contributed by atoms with van der Waals surface area (Å²) in [7, 11) is 0. The Balaban J connectivity index is 0.00000114. The minimum Gasteiger partial charge on any atom is -0.487 e. The number of nitrogens with zero attached hydrogens (tertiary/aromatic N) is 2. The largest absolute Gasteiger partial charge is 0.487 e. The van der Waals surface area contributed by atoms with Gasteiger partial charge in [-0.25, -0.2) is 9.38 Å². The summed E-state index contributed by atoms with van der Waals surface area (Å²) >= 11 is 1.61. The van der Waals surface area contributed by atoms with Gasteiger partial charge in [-0.3, -0.25) is 4.79 Å². The van der Waals surface area contributed by atoms with Crippen LogP contribution in [0.5, 0.6) is 0 Å². The van der Waals surface area contributed by atoms with Crippen LogP contribution in [0.3, 0.4) is 0 Å². The van der Waals surface area contributed by atoms with E-state index in [0.29, 0.717) is 12.3 Å². The van der Waals surface area contributed by atoms with Crippen LogP contribution in [-0.2, 0) is 14.4 Å². The van der Waals surface area contributed by atoms with Gasteiger partial charge in [0.1, 0.15) is 35.5 Å². The molecule has 0 fully saturated rings. The van der Waals surface area contributed by atoms with E-state index in [1.807, 2.05) is 25.2 Å². The maximum absolute atomic E-state index is 13.2. The molecule has 1 aromatic rings. The molecule has 0 atom stereocenters. The number of carboxylic acid groups (broad SMARTS) is 1. The first kappa shape index (κ1) is 25.1. The van der Waals surface area contributed by atoms with E-state index in [-0.39, 0.29) is 18.9 Å². The van der Waals surface area contributed by atoms with Gasteiger partial charge in [0.15, 0.2) is 0 Å². The van der Waals surface area contributed by atoms with Gasteiger partial charge in [-0.2, -0.15) is 0 Å². The van der Waals surface area contributed by atoms with Crippen LogP contribution >= 0.6 is 11.8 Å². The lowest BCUT2D eigenvalue weighted by Crippen LogP contribution is -2.15. The average molecular weight is 459 g/mol. The normalized spacial score (nSPS) is 15.8. The number of hydrogen-bond acceptors (Lipinski definition) is 6. The summed E-state index contributed by atoms with van der Waals surface area (Å²) in [5.41, 5.74) is 3.41. The van der Waals surface area contributed by atoms with Crippen molar-refractivity contribution in [1.29, 1.82) is 0 Å². The van der Waals surface area contributed by atoms with Crippen LogP contribution in [0.25, 0.3) is 0 Å². The fraction of sp³-hybridized carbons (Fsp3) is 0.292. The summed E-state index contributed by atoms with van der Waals surface area (Å²) in [5.74, 6) is 1.28. The number of allylic oxidation sites excluding steroid dienone is 5. The molecule has 1 aliphatic carbocycles. The molecule has 0 radical (unpaired) electrons. The third kappa shape index (κ3) is 8.55. The molecule has 3 rings (SSSR count). The highest BCUT2D eigenvalue weighted by atomic mass is 32.2. The highest BCUT2D eigenvalue weighted by Crippen LogP contribution is 2.23. The lowest BCUT2D eigenvalue weighted by atomic mass is 10.2. The topological polar surface area (TPSA) is 80.5 Å². The molecule has 170 valence electrons. The monoisotopic (exact) mass is 458 g/mol. The Morgan fingerprint density at radius 1 is 1.31 bits per heavy atom. The molecule has 0 bridgehead atoms. The molecule has 32 heavy (non-hydrogen) atoms. The fourth-order valence-electron chi connectivity index (χ4n) is 2.68. The van der Waals surface area contributed by atoms with Crippen molar-refractivity contribution in [2.24, 2.45) is 10.1 Å². The van der Waals surface area contributed by atoms with Gasteiger partial charge < -0.3 is 14.7 Å². The summed E-state index contributed by atoms with van der Waals surface area (Å²) in [6.45, 7) is 4.62. The molecule has 6 nitrogen and oxygen atoms in total. The van der Waals surface area contributed by atoms with Crippen molar-refractivity contribution in [3.05, 3.63) is 83.1 Å². The first-order valence-electron chi connectivity index (χ1n) is 10.2. The van der Waals surface area contributed by atoms with Crippen molar-refractivity contribution in [1.82, 2.24) is 0 Å². The van der Waals surface area contributed by atoms with Gasteiger partial charge in [-0.05, 0) is 62.3 Å². The van der Waals surface area contributed by atoms with Crippen LogP contribution in [-0.4, -0.2) is 41.3 Å². The standard InChI is InChI=1S/C23H25FN2O2S.CH2O2/c1-3-13-28-26-22(16-27-20-7-5-4-6-17(2)15-20)21-12-14-29-23(25-21)18-8-10-19(24)11-9-18;2-1-3/h5-12,15H,3-4,13-14,16H2,1-2H3;1H,(H,2,3)/b26-22+;. The Bertz CT molecular complexity index is 947. The van der Waals surface area contributed by atoms with Crippen molar-refractivity contribution in [3.8, 4) is 0 Å². The summed E-state index contributed by atoms with van der Waals surface area (Å²) in [6.07, 6.45) is 12.0. The average Bonchev–Trinajstić information content (AvgIpc) is 3.01. The van der Waals surface area contributed by atoms with E-state index < -0.39 is 0 Å². The van der Waals surface area contributed by atoms with E-state index in [0.717, 1.165) is 46.2 Å². The van der Waals surface area contributed by atoms with Gasteiger partial charge >= 0.3 is 0 Å². The van der Waals surface area contributed by atoms with Crippen molar-refractivity contribution in [2.75, 3.05) is 19.0 Å². The van der Waals surface area contributed by atoms with Crippen molar-refractivity contribution in [3.63, 3.8) is 0 Å². The molecule has 2 aliphatic rings. The fourth-order valence-corrected chi connectivity index (χ4v) is 3.55. The quantitative estimate of drug-likeness (QED) is 0.241. The number of hydrogen-bond donors (Lipinski definition) is 1. The molecule has 0 spiro atoms. The second-order valence-electron chi connectivity index (χ2n) is 6.72. The maximum Gasteiger partial charge on any atom is 0.290 e. The number of rotatable bonds is 8. The minimum atomic E-state index is -0.261. The van der Waals surface area contributed by atoms with E-state index in [1.165, 1.54) is 12.1 Å². The van der Waals surface area contributed by atoms with Gasteiger partial charge in [0.25, 0.3) is 6.47 Å². The molecule has 1 N–H and O–H groups in total. The lowest BCUT2D eigenvalue weighted by Gasteiger charge is -2.15. The van der Waals surface area contributed by atoms with Gasteiger partial charge in [0, 0.05) is 11.3 Å². The Morgan fingerprint density at radius 2 is 2.06 bits per heavy atom. The molecule has 8 heteroatoms. The van der Waals surface area contributed by atoms with E-state index >= 15 is 0 Å². The second kappa shape index (κ2) is 14.0. The highest BCUT2D eigenvalue weighted by molar-refractivity contribution is 8.14. The van der Waals surface area contributed by atoms with E-state index in [9.17, 15) is 4.39 Å². The molecule has 0 unspecified atom stereocenters. The Labute approximate surface area is 191 Å². The lowest BCUT2D eigenvalue weighted by molar-refractivity contribution is -0.122. The van der Waals surface area contributed by atoms with Gasteiger partial charge in [0.2, 0.25) is 0 Å². The predicted octanol–water partition coefficient (Wildman–Crippen LogP) is 5.49. The minimum absolute atomic E-state index is 0.250. The third-order valence-corrected chi connectivity index (χ3v) is 5.11. The SMILES string of the molecule is CCCO/N=C(\COC1=CC(C)=CCC=C1)C1=CCSC(c2ccc(F)cc2)=N1.O=CO. The molecular formula is C24H27FN2O4S. The molecule has 1 aliphatic heterocycles. The number of carbonyl (C=O) groups is 1. The Morgan fingerprint density at radius 3 is 2.78 bits per heavy atom. The summed E-state index contributed by atoms with van der Waals surface area (Å²) in [4.78, 5) is 18.5. The van der Waals surface area contributed by atoms with E-state index in [2.05, 4.69) is 24.2 Å². The van der Waals surface area contributed by atoms with Crippen LogP contribution < -0.4 is 0 Å². The molecule has 1 heterocycles. The van der Waals surface area contributed by atoms with E-state index in [4.69, 9.17) is 24.5 Å². The van der Waals surface area contributed by atoms with Crippen LogP contribution in [0.4, 0.5) is 4.39 Å². The number of oxime groups is 1. The first-order valence-corrected chi connectivity index (χ1v) is 11.2. The van der Waals surface area contributed by atoms with Crippen LogP contribution in [0.1, 0.15) is 32.3 Å². The van der Waals surface area contributed by atoms with Crippen molar-refractivity contribution >= 4 is 29.0 Å². The Hall–Kier alpha value is -3.13. The zero-order chi connectivity index (χ0) is 23.2. The van der Waals surface area contributed by atoms with E-state index in [1.54, 1.807) is 23.9 Å². The summed E-state index contributed by atoms with van der Waals surface area (Å²) < 4.78 is 19.2. The smallest absolute Gasteiger partial charge is 0.290 e. The molecule has 0 saturated carbocycles. The van der Waals surface area contributed by atoms with Crippen LogP contribution in [0.2, 0.25) is 0 Å². The van der Waals surface area contributed by atoms with Gasteiger partial charge in [0.05, 0.1) is 5.70 Å². The molecule has 0 saturated heterocycles. The zero-order valence-electron chi connectivity index (χ0n) is 18.2. The predicted molar refractivity (Wildman–Crippen MR) is 127 cm³/mol. The van der Waals surface area contributed by atoms with Crippen molar-refractivity contribution in [2.45, 2.75) is 26.7 Å². The molecule has 0 aromatic heterocycles. The van der Waals surface area contributed by atoms with Gasteiger partial charge in [-0.15, -0.1) is 11.8 Å². The number of halogens is 1. The summed E-state index contributed by atoms with van der Waals surface area (Å²) in [5, 5.41) is 12.0. The van der Waals surface area contributed by atoms with Crippen LogP contribution in [0.15, 0.2) is 81.8 Å².